The predicted octanol–water partition coefficient (Wildman–Crippen LogP) is 4.82. The number of aromatic hydroxyl groups is 2. The summed E-state index contributed by atoms with van der Waals surface area (Å²) in [6, 6.07) is 8.79. The van der Waals surface area contributed by atoms with Crippen molar-refractivity contribution < 1.29 is 62.8 Å². The van der Waals surface area contributed by atoms with E-state index >= 15 is 0 Å². The maximum atomic E-state index is 11.9. The average molecular weight is 415 g/mol. The number of phenols is 2. The SMILES string of the molecule is Oc1ccccc1C(F)(F)F.Oc1ccccc1C(F)(F)F.[Zr]. The Kier molecular flexibility index (Phi) is 7.84. The second-order valence-corrected chi connectivity index (χ2v) is 4.03. The third-order valence-corrected chi connectivity index (χ3v) is 2.42. The van der Waals surface area contributed by atoms with Gasteiger partial charge in [-0.15, -0.1) is 0 Å². The van der Waals surface area contributed by atoms with Crippen molar-refractivity contribution in [2.75, 3.05) is 0 Å². The molecule has 2 N–H and O–H groups in total. The van der Waals surface area contributed by atoms with Gasteiger partial charge in [0, 0.05) is 26.2 Å². The first-order chi connectivity index (χ1) is 10.0. The first-order valence-electron chi connectivity index (χ1n) is 5.74. The summed E-state index contributed by atoms with van der Waals surface area (Å²) in [7, 11) is 0. The van der Waals surface area contributed by atoms with Crippen LogP contribution in [0.15, 0.2) is 48.5 Å². The molecule has 9 heteroatoms. The number of phenolic OH excluding ortho intramolecular Hbond substituents is 2. The summed E-state index contributed by atoms with van der Waals surface area (Å²) in [5, 5.41) is 17.5. The minimum atomic E-state index is -4.47. The predicted molar refractivity (Wildman–Crippen MR) is 66.2 cm³/mol. The largest absolute Gasteiger partial charge is 0.507 e. The minimum absolute atomic E-state index is 0. The van der Waals surface area contributed by atoms with Gasteiger partial charge in [-0.25, -0.2) is 0 Å². The van der Waals surface area contributed by atoms with Crippen molar-refractivity contribution >= 4 is 0 Å². The quantitative estimate of drug-likeness (QED) is 0.606. The van der Waals surface area contributed by atoms with Gasteiger partial charge in [-0.1, -0.05) is 24.3 Å². The van der Waals surface area contributed by atoms with Crippen molar-refractivity contribution in [3.05, 3.63) is 59.7 Å². The van der Waals surface area contributed by atoms with E-state index in [0.29, 0.717) is 0 Å². The Morgan fingerprint density at radius 2 is 0.826 bits per heavy atom. The van der Waals surface area contributed by atoms with E-state index in [9.17, 15) is 26.3 Å². The van der Waals surface area contributed by atoms with Gasteiger partial charge in [0.2, 0.25) is 0 Å². The second kappa shape index (κ2) is 8.38. The van der Waals surface area contributed by atoms with Crippen LogP contribution in [0.5, 0.6) is 11.5 Å². The molecule has 0 spiro atoms. The molecule has 0 aliphatic rings. The van der Waals surface area contributed by atoms with Gasteiger partial charge in [0.05, 0.1) is 11.1 Å². The molecular formula is C14H10F6O2Zr. The van der Waals surface area contributed by atoms with Crippen LogP contribution in [0.25, 0.3) is 0 Å². The summed E-state index contributed by atoms with van der Waals surface area (Å²) in [6.07, 6.45) is -8.93. The van der Waals surface area contributed by atoms with Gasteiger partial charge in [-0.2, -0.15) is 26.3 Å². The topological polar surface area (TPSA) is 40.5 Å². The number of rotatable bonds is 0. The fraction of sp³-hybridized carbons (Fsp3) is 0.143. The van der Waals surface area contributed by atoms with Crippen LogP contribution in [0.3, 0.4) is 0 Å². The molecule has 0 heterocycles. The molecule has 2 aromatic carbocycles. The van der Waals surface area contributed by atoms with E-state index in [1.165, 1.54) is 24.3 Å². The molecule has 2 aromatic rings. The number of hydrogen-bond acceptors (Lipinski definition) is 2. The first-order valence-corrected chi connectivity index (χ1v) is 5.74. The summed E-state index contributed by atoms with van der Waals surface area (Å²) in [6.45, 7) is 0. The normalized spacial score (nSPS) is 11.0. The van der Waals surface area contributed by atoms with Crippen LogP contribution in [0, 0.1) is 0 Å². The van der Waals surface area contributed by atoms with Gasteiger partial charge in [0.1, 0.15) is 11.5 Å². The van der Waals surface area contributed by atoms with Crippen LogP contribution >= 0.6 is 0 Å². The van der Waals surface area contributed by atoms with Crippen LogP contribution in [-0.4, -0.2) is 10.2 Å². The Morgan fingerprint density at radius 1 is 0.565 bits per heavy atom. The number of benzene rings is 2. The Morgan fingerprint density at radius 3 is 1.00 bits per heavy atom. The van der Waals surface area contributed by atoms with E-state index in [2.05, 4.69) is 0 Å². The van der Waals surface area contributed by atoms with Crippen molar-refractivity contribution in [1.29, 1.82) is 0 Å². The van der Waals surface area contributed by atoms with Gasteiger partial charge in [0.15, 0.2) is 0 Å². The fourth-order valence-corrected chi connectivity index (χ4v) is 1.43. The third-order valence-electron chi connectivity index (χ3n) is 2.42. The molecule has 124 valence electrons. The average Bonchev–Trinajstić information content (AvgIpc) is 2.37. The van der Waals surface area contributed by atoms with Crippen molar-refractivity contribution in [3.63, 3.8) is 0 Å². The minimum Gasteiger partial charge on any atom is -0.507 e. The van der Waals surface area contributed by atoms with E-state index in [0.717, 1.165) is 24.3 Å². The summed E-state index contributed by atoms with van der Waals surface area (Å²) in [5.74, 6) is -1.47. The zero-order valence-corrected chi connectivity index (χ0v) is 13.7. The maximum absolute atomic E-state index is 11.9. The van der Waals surface area contributed by atoms with Gasteiger partial charge in [-0.05, 0) is 24.3 Å². The van der Waals surface area contributed by atoms with Crippen LogP contribution in [0.1, 0.15) is 11.1 Å². The molecule has 2 rings (SSSR count). The number of hydrogen-bond donors (Lipinski definition) is 2. The molecule has 0 bridgehead atoms. The summed E-state index contributed by atoms with van der Waals surface area (Å²) in [5.41, 5.74) is -2.00. The summed E-state index contributed by atoms with van der Waals surface area (Å²) >= 11 is 0. The smallest absolute Gasteiger partial charge is 0.419 e. The van der Waals surface area contributed by atoms with E-state index in [1.54, 1.807) is 0 Å². The molecule has 0 saturated heterocycles. The van der Waals surface area contributed by atoms with Crippen LogP contribution < -0.4 is 0 Å². The number of alkyl halides is 6. The third kappa shape index (κ3) is 6.64. The molecule has 0 atom stereocenters. The molecule has 0 aliphatic heterocycles. The zero-order chi connectivity index (χ0) is 17.0. The second-order valence-electron chi connectivity index (χ2n) is 4.03. The molecule has 2 nitrogen and oxygen atoms in total. The molecule has 0 radical (unpaired) electrons. The molecule has 0 fully saturated rings. The van der Waals surface area contributed by atoms with Crippen molar-refractivity contribution in [2.45, 2.75) is 12.4 Å². The van der Waals surface area contributed by atoms with Crippen molar-refractivity contribution in [3.8, 4) is 11.5 Å². The van der Waals surface area contributed by atoms with E-state index in [4.69, 9.17) is 10.2 Å². The monoisotopic (exact) mass is 414 g/mol. The molecule has 0 unspecified atom stereocenters. The Bertz CT molecular complexity index is 570. The Hall–Kier alpha value is -1.50. The van der Waals surface area contributed by atoms with Crippen LogP contribution in [-0.2, 0) is 38.6 Å². The van der Waals surface area contributed by atoms with Gasteiger partial charge >= 0.3 is 12.4 Å². The van der Waals surface area contributed by atoms with Gasteiger partial charge in [0.25, 0.3) is 0 Å². The first kappa shape index (κ1) is 21.5. The maximum Gasteiger partial charge on any atom is 0.419 e. The molecule has 0 aliphatic carbocycles. The molecular weight excluding hydrogens is 405 g/mol. The van der Waals surface area contributed by atoms with Crippen LogP contribution in [0.4, 0.5) is 26.3 Å². The number of halogens is 6. The molecule has 0 saturated carbocycles. The van der Waals surface area contributed by atoms with Gasteiger partial charge < -0.3 is 10.2 Å². The van der Waals surface area contributed by atoms with Crippen molar-refractivity contribution in [1.82, 2.24) is 0 Å². The van der Waals surface area contributed by atoms with Gasteiger partial charge in [-0.3, -0.25) is 0 Å². The van der Waals surface area contributed by atoms with E-state index in [1.807, 2.05) is 0 Å². The summed E-state index contributed by atoms with van der Waals surface area (Å²) in [4.78, 5) is 0. The Balaban J connectivity index is 0.000000403. The molecule has 0 amide bonds. The fourth-order valence-electron chi connectivity index (χ4n) is 1.43. The summed E-state index contributed by atoms with van der Waals surface area (Å²) < 4.78 is 71.3. The Labute approximate surface area is 146 Å². The standard InChI is InChI=1S/2C7H5F3O.Zr/c2*8-7(9,10)5-3-1-2-4-6(5)11;/h2*1-4,11H;. The van der Waals surface area contributed by atoms with E-state index in [-0.39, 0.29) is 26.2 Å². The number of para-hydroxylation sites is 2. The zero-order valence-electron chi connectivity index (χ0n) is 11.3. The molecule has 0 aromatic heterocycles. The van der Waals surface area contributed by atoms with Crippen LogP contribution in [0.2, 0.25) is 0 Å². The van der Waals surface area contributed by atoms with Crippen molar-refractivity contribution in [2.24, 2.45) is 0 Å². The van der Waals surface area contributed by atoms with E-state index < -0.39 is 35.0 Å². The molecule has 23 heavy (non-hydrogen) atoms.